The summed E-state index contributed by atoms with van der Waals surface area (Å²) in [6.45, 7) is 4.62. The van der Waals surface area contributed by atoms with Gasteiger partial charge in [0, 0.05) is 25.3 Å². The Morgan fingerprint density at radius 2 is 1.97 bits per heavy atom. The molecule has 0 radical (unpaired) electrons. The Labute approximate surface area is 186 Å². The fourth-order valence-corrected chi connectivity index (χ4v) is 3.65. The van der Waals surface area contributed by atoms with Crippen molar-refractivity contribution in [2.45, 2.75) is 6.42 Å². The number of benzene rings is 2. The first kappa shape index (κ1) is 22.4. The van der Waals surface area contributed by atoms with E-state index in [4.69, 9.17) is 16.3 Å². The summed E-state index contributed by atoms with van der Waals surface area (Å²) >= 11 is 5.73. The smallest absolute Gasteiger partial charge is 0.257 e. The van der Waals surface area contributed by atoms with Gasteiger partial charge in [0.25, 0.3) is 5.91 Å². The number of carbonyl (C=O) groups is 1. The van der Waals surface area contributed by atoms with E-state index in [9.17, 15) is 18.0 Å². The molecule has 4 rings (SSSR count). The van der Waals surface area contributed by atoms with Crippen LogP contribution in [0, 0.1) is 17.5 Å². The van der Waals surface area contributed by atoms with E-state index in [0.29, 0.717) is 6.54 Å². The van der Waals surface area contributed by atoms with E-state index in [1.165, 1.54) is 12.1 Å². The molecular formula is C21H21ClF3N5O2. The Balaban J connectivity index is 1.48. The Hall–Kier alpha value is -2.82. The van der Waals surface area contributed by atoms with Crippen LogP contribution in [0.5, 0.6) is 0 Å². The average Bonchev–Trinajstić information content (AvgIpc) is 3.21. The van der Waals surface area contributed by atoms with E-state index in [1.54, 1.807) is 0 Å². The molecule has 0 aliphatic carbocycles. The molecule has 11 heteroatoms. The van der Waals surface area contributed by atoms with Crippen LogP contribution in [-0.2, 0) is 4.74 Å². The SMILES string of the molecule is O=C(Nc1ccc(F)c(Cl)c1)c1cc(F)c(F)c2nc(NCCCN3CCOCC3)[nH]c12. The number of rotatable bonds is 7. The van der Waals surface area contributed by atoms with Crippen molar-refractivity contribution in [2.24, 2.45) is 0 Å². The van der Waals surface area contributed by atoms with Crippen LogP contribution in [0.1, 0.15) is 16.8 Å². The molecule has 3 aromatic rings. The standard InChI is InChI=1S/C21H21ClF3N5O2/c22-14-10-12(2-3-15(14)23)27-20(31)13-11-16(24)17(25)19-18(13)28-21(29-19)26-4-1-5-30-6-8-32-9-7-30/h2-3,10-11H,1,4-9H2,(H,27,31)(H2,26,28,29). The third kappa shape index (κ3) is 4.98. The maximum absolute atomic E-state index is 14.3. The Morgan fingerprint density at radius 3 is 2.72 bits per heavy atom. The van der Waals surface area contributed by atoms with Gasteiger partial charge in [-0.2, -0.15) is 0 Å². The van der Waals surface area contributed by atoms with Crippen molar-refractivity contribution in [1.29, 1.82) is 0 Å². The molecule has 2 heterocycles. The molecule has 2 aromatic carbocycles. The van der Waals surface area contributed by atoms with Gasteiger partial charge in [-0.1, -0.05) is 11.6 Å². The van der Waals surface area contributed by atoms with Crippen molar-refractivity contribution < 1.29 is 22.7 Å². The first-order chi connectivity index (χ1) is 15.4. The molecule has 1 aliphatic heterocycles. The Kier molecular flexibility index (Phi) is 6.83. The number of imidazole rings is 1. The number of nitrogens with one attached hydrogen (secondary N) is 3. The second kappa shape index (κ2) is 9.76. The number of hydrogen-bond acceptors (Lipinski definition) is 5. The number of fused-ring (bicyclic) bond motifs is 1. The lowest BCUT2D eigenvalue weighted by Crippen LogP contribution is -2.37. The third-order valence-corrected chi connectivity index (χ3v) is 5.42. The van der Waals surface area contributed by atoms with Gasteiger partial charge >= 0.3 is 0 Å². The highest BCUT2D eigenvalue weighted by atomic mass is 35.5. The van der Waals surface area contributed by atoms with Crippen molar-refractivity contribution in [3.63, 3.8) is 0 Å². The number of anilines is 2. The molecule has 0 bridgehead atoms. The molecule has 1 saturated heterocycles. The molecular weight excluding hydrogens is 447 g/mol. The zero-order chi connectivity index (χ0) is 22.7. The summed E-state index contributed by atoms with van der Waals surface area (Å²) in [4.78, 5) is 21.9. The number of aromatic nitrogens is 2. The summed E-state index contributed by atoms with van der Waals surface area (Å²) in [5.41, 5.74) is -0.179. The molecule has 170 valence electrons. The lowest BCUT2D eigenvalue weighted by atomic mass is 10.1. The maximum atomic E-state index is 14.3. The molecule has 1 aliphatic rings. The van der Waals surface area contributed by atoms with Crippen molar-refractivity contribution >= 4 is 40.2 Å². The van der Waals surface area contributed by atoms with Crippen LogP contribution in [0.15, 0.2) is 24.3 Å². The molecule has 3 N–H and O–H groups in total. The lowest BCUT2D eigenvalue weighted by Gasteiger charge is -2.26. The van der Waals surface area contributed by atoms with E-state index >= 15 is 0 Å². The highest BCUT2D eigenvalue weighted by Gasteiger charge is 2.21. The predicted molar refractivity (Wildman–Crippen MR) is 116 cm³/mol. The summed E-state index contributed by atoms with van der Waals surface area (Å²) in [7, 11) is 0. The number of carbonyl (C=O) groups excluding carboxylic acids is 1. The van der Waals surface area contributed by atoms with E-state index in [0.717, 1.165) is 51.4 Å². The zero-order valence-electron chi connectivity index (χ0n) is 17.0. The van der Waals surface area contributed by atoms with Crippen LogP contribution < -0.4 is 10.6 Å². The molecule has 7 nitrogen and oxygen atoms in total. The second-order valence-electron chi connectivity index (χ2n) is 7.35. The van der Waals surface area contributed by atoms with E-state index < -0.39 is 23.4 Å². The molecule has 1 fully saturated rings. The van der Waals surface area contributed by atoms with Crippen LogP contribution in [-0.4, -0.2) is 60.2 Å². The predicted octanol–water partition coefficient (Wildman–Crippen LogP) is 4.02. The summed E-state index contributed by atoms with van der Waals surface area (Å²) in [6, 6.07) is 4.41. The number of nitrogens with zero attached hydrogens (tertiary/aromatic N) is 2. The fourth-order valence-electron chi connectivity index (χ4n) is 3.47. The monoisotopic (exact) mass is 467 g/mol. The van der Waals surface area contributed by atoms with Gasteiger partial charge in [-0.05, 0) is 37.2 Å². The first-order valence-corrected chi connectivity index (χ1v) is 10.5. The first-order valence-electron chi connectivity index (χ1n) is 10.1. The maximum Gasteiger partial charge on any atom is 0.257 e. The molecule has 0 saturated carbocycles. The van der Waals surface area contributed by atoms with Gasteiger partial charge in [-0.3, -0.25) is 9.69 Å². The topological polar surface area (TPSA) is 82.3 Å². The summed E-state index contributed by atoms with van der Waals surface area (Å²) in [5, 5.41) is 5.37. The number of morpholine rings is 1. The van der Waals surface area contributed by atoms with E-state index in [-0.39, 0.29) is 33.3 Å². The van der Waals surface area contributed by atoms with Gasteiger partial charge in [0.15, 0.2) is 11.6 Å². The number of H-pyrrole nitrogens is 1. The van der Waals surface area contributed by atoms with Crippen LogP contribution in [0.3, 0.4) is 0 Å². The summed E-state index contributed by atoms with van der Waals surface area (Å²) < 4.78 is 47.1. The zero-order valence-corrected chi connectivity index (χ0v) is 17.7. The van der Waals surface area contributed by atoms with Crippen molar-refractivity contribution in [2.75, 3.05) is 50.0 Å². The molecule has 1 amide bonds. The van der Waals surface area contributed by atoms with Gasteiger partial charge < -0.3 is 20.4 Å². The van der Waals surface area contributed by atoms with Gasteiger partial charge in [0.1, 0.15) is 11.3 Å². The highest BCUT2D eigenvalue weighted by molar-refractivity contribution is 6.31. The second-order valence-corrected chi connectivity index (χ2v) is 7.75. The van der Waals surface area contributed by atoms with Crippen LogP contribution in [0.4, 0.5) is 24.8 Å². The van der Waals surface area contributed by atoms with Crippen molar-refractivity contribution in [3.8, 4) is 0 Å². The largest absolute Gasteiger partial charge is 0.379 e. The minimum absolute atomic E-state index is 0.0466. The highest BCUT2D eigenvalue weighted by Crippen LogP contribution is 2.26. The van der Waals surface area contributed by atoms with Crippen molar-refractivity contribution in [1.82, 2.24) is 14.9 Å². The lowest BCUT2D eigenvalue weighted by molar-refractivity contribution is 0.0378. The third-order valence-electron chi connectivity index (χ3n) is 5.13. The number of aromatic amines is 1. The number of hydrogen-bond donors (Lipinski definition) is 3. The summed E-state index contributed by atoms with van der Waals surface area (Å²) in [6.07, 6.45) is 0.812. The normalized spacial score (nSPS) is 14.6. The Morgan fingerprint density at radius 1 is 1.19 bits per heavy atom. The van der Waals surface area contributed by atoms with Gasteiger partial charge in [0.05, 0.1) is 29.3 Å². The van der Waals surface area contributed by atoms with E-state index in [2.05, 4.69) is 25.5 Å². The average molecular weight is 468 g/mol. The van der Waals surface area contributed by atoms with E-state index in [1.807, 2.05) is 0 Å². The Bertz CT molecular complexity index is 1130. The number of halogens is 4. The molecule has 1 aromatic heterocycles. The van der Waals surface area contributed by atoms with Gasteiger partial charge in [0.2, 0.25) is 5.95 Å². The quantitative estimate of drug-likeness (QED) is 0.457. The molecule has 0 atom stereocenters. The van der Waals surface area contributed by atoms with Gasteiger partial charge in [-0.25, -0.2) is 18.2 Å². The minimum Gasteiger partial charge on any atom is -0.379 e. The number of amides is 1. The molecule has 0 unspecified atom stereocenters. The van der Waals surface area contributed by atoms with Crippen LogP contribution in [0.2, 0.25) is 5.02 Å². The molecule has 32 heavy (non-hydrogen) atoms. The van der Waals surface area contributed by atoms with Crippen LogP contribution >= 0.6 is 11.6 Å². The fraction of sp³-hybridized carbons (Fsp3) is 0.333. The van der Waals surface area contributed by atoms with Crippen LogP contribution in [0.25, 0.3) is 11.0 Å². The van der Waals surface area contributed by atoms with Crippen molar-refractivity contribution in [3.05, 3.63) is 52.3 Å². The number of ether oxygens (including phenoxy) is 1. The van der Waals surface area contributed by atoms with Gasteiger partial charge in [-0.15, -0.1) is 0 Å². The summed E-state index contributed by atoms with van der Waals surface area (Å²) in [5.74, 6) is -3.49. The molecule has 0 spiro atoms. The minimum atomic E-state index is -1.20.